The summed E-state index contributed by atoms with van der Waals surface area (Å²) in [5.41, 5.74) is 1.06. The molecule has 0 aromatic heterocycles. The zero-order chi connectivity index (χ0) is 19.6. The average molecular weight is 390 g/mol. The number of benzene rings is 2. The van der Waals surface area contributed by atoms with E-state index in [0.717, 1.165) is 18.4 Å². The van der Waals surface area contributed by atoms with Crippen LogP contribution < -0.4 is 10.0 Å². The van der Waals surface area contributed by atoms with E-state index in [0.29, 0.717) is 0 Å². The third-order valence-corrected chi connectivity index (χ3v) is 6.01. The van der Waals surface area contributed by atoms with Crippen LogP contribution in [-0.2, 0) is 10.0 Å². The minimum absolute atomic E-state index is 0.00344. The minimum atomic E-state index is -3.63. The highest BCUT2D eigenvalue weighted by atomic mass is 32.2. The lowest BCUT2D eigenvalue weighted by Crippen LogP contribution is -2.32. The molecule has 2 aromatic carbocycles. The van der Waals surface area contributed by atoms with Crippen molar-refractivity contribution in [2.24, 2.45) is 5.92 Å². The standard InChI is InChI=1S/C20H23FN2O3S/c1-13(2)19(14-6-8-16(21)9-7-14)22-20(24)15-4-3-5-18(12-15)27(25,26)23-17-10-11-17/h3-9,12-13,17,19,23H,10-11H2,1-2H3,(H,22,24)/t19-/m0/s1. The van der Waals surface area contributed by atoms with E-state index in [4.69, 9.17) is 0 Å². The second kappa shape index (κ2) is 7.78. The molecule has 0 aliphatic heterocycles. The second-order valence-electron chi connectivity index (χ2n) is 7.17. The molecule has 3 rings (SSSR count). The maximum Gasteiger partial charge on any atom is 0.251 e. The third-order valence-electron chi connectivity index (χ3n) is 4.49. The molecule has 0 spiro atoms. The summed E-state index contributed by atoms with van der Waals surface area (Å²) in [5, 5.41) is 2.92. The molecule has 7 heteroatoms. The summed E-state index contributed by atoms with van der Waals surface area (Å²) in [6.07, 6.45) is 1.68. The van der Waals surface area contributed by atoms with Crippen LogP contribution in [0.3, 0.4) is 0 Å². The number of rotatable bonds is 7. The van der Waals surface area contributed by atoms with Crippen molar-refractivity contribution in [3.8, 4) is 0 Å². The summed E-state index contributed by atoms with van der Waals surface area (Å²) in [6.45, 7) is 3.91. The van der Waals surface area contributed by atoms with Gasteiger partial charge >= 0.3 is 0 Å². The van der Waals surface area contributed by atoms with E-state index < -0.39 is 10.0 Å². The number of nitrogens with one attached hydrogen (secondary N) is 2. The van der Waals surface area contributed by atoms with Gasteiger partial charge in [-0.1, -0.05) is 32.0 Å². The average Bonchev–Trinajstić information content (AvgIpc) is 3.43. The van der Waals surface area contributed by atoms with E-state index in [-0.39, 0.29) is 40.2 Å². The summed E-state index contributed by atoms with van der Waals surface area (Å²) in [6, 6.07) is 11.7. The van der Waals surface area contributed by atoms with Crippen molar-refractivity contribution in [2.75, 3.05) is 0 Å². The highest BCUT2D eigenvalue weighted by molar-refractivity contribution is 7.89. The van der Waals surface area contributed by atoms with Crippen molar-refractivity contribution in [3.05, 3.63) is 65.5 Å². The Morgan fingerprint density at radius 3 is 2.37 bits per heavy atom. The number of carbonyl (C=O) groups is 1. The second-order valence-corrected chi connectivity index (χ2v) is 8.88. The van der Waals surface area contributed by atoms with Crippen LogP contribution in [0.4, 0.5) is 4.39 Å². The van der Waals surface area contributed by atoms with Gasteiger partial charge in [-0.3, -0.25) is 4.79 Å². The van der Waals surface area contributed by atoms with Crippen molar-refractivity contribution in [3.63, 3.8) is 0 Å². The molecule has 1 saturated carbocycles. The Morgan fingerprint density at radius 2 is 1.78 bits per heavy atom. The Hall–Kier alpha value is -2.25. The fourth-order valence-corrected chi connectivity index (χ4v) is 4.17. The Morgan fingerprint density at radius 1 is 1.11 bits per heavy atom. The lowest BCUT2D eigenvalue weighted by atomic mass is 9.95. The number of hydrogen-bond acceptors (Lipinski definition) is 3. The molecular formula is C20H23FN2O3S. The van der Waals surface area contributed by atoms with E-state index in [2.05, 4.69) is 10.0 Å². The maximum atomic E-state index is 13.2. The largest absolute Gasteiger partial charge is 0.345 e. The number of amides is 1. The van der Waals surface area contributed by atoms with Gasteiger partial charge < -0.3 is 5.32 Å². The van der Waals surface area contributed by atoms with Gasteiger partial charge in [0.15, 0.2) is 0 Å². The molecule has 0 radical (unpaired) electrons. The molecule has 27 heavy (non-hydrogen) atoms. The topological polar surface area (TPSA) is 75.3 Å². The predicted octanol–water partition coefficient (Wildman–Crippen LogP) is 3.39. The van der Waals surface area contributed by atoms with Crippen LogP contribution >= 0.6 is 0 Å². The van der Waals surface area contributed by atoms with Crippen LogP contribution in [-0.4, -0.2) is 20.4 Å². The van der Waals surface area contributed by atoms with Gasteiger partial charge in [0, 0.05) is 11.6 Å². The summed E-state index contributed by atoms with van der Waals surface area (Å²) in [4.78, 5) is 12.8. The highest BCUT2D eigenvalue weighted by Gasteiger charge is 2.28. The van der Waals surface area contributed by atoms with E-state index in [1.165, 1.54) is 24.3 Å². The molecule has 1 aliphatic carbocycles. The number of carbonyl (C=O) groups excluding carboxylic acids is 1. The van der Waals surface area contributed by atoms with Crippen molar-refractivity contribution in [1.82, 2.24) is 10.0 Å². The highest BCUT2D eigenvalue weighted by Crippen LogP contribution is 2.24. The molecule has 1 amide bonds. The van der Waals surface area contributed by atoms with Gasteiger partial charge in [-0.05, 0) is 54.7 Å². The molecule has 0 heterocycles. The normalized spacial score (nSPS) is 15.6. The number of sulfonamides is 1. The molecule has 2 aromatic rings. The molecule has 1 fully saturated rings. The molecule has 0 saturated heterocycles. The molecule has 0 unspecified atom stereocenters. The zero-order valence-corrected chi connectivity index (χ0v) is 16.1. The Bertz CT molecular complexity index is 922. The molecule has 144 valence electrons. The zero-order valence-electron chi connectivity index (χ0n) is 15.3. The van der Waals surface area contributed by atoms with Gasteiger partial charge in [0.25, 0.3) is 5.91 Å². The lowest BCUT2D eigenvalue weighted by molar-refractivity contribution is 0.0925. The lowest BCUT2D eigenvalue weighted by Gasteiger charge is -2.23. The first-order valence-electron chi connectivity index (χ1n) is 8.95. The van der Waals surface area contributed by atoms with Crippen molar-refractivity contribution in [2.45, 2.75) is 43.7 Å². The van der Waals surface area contributed by atoms with E-state index in [9.17, 15) is 17.6 Å². The van der Waals surface area contributed by atoms with Crippen molar-refractivity contribution >= 4 is 15.9 Å². The summed E-state index contributed by atoms with van der Waals surface area (Å²) in [7, 11) is -3.63. The van der Waals surface area contributed by atoms with Gasteiger partial charge in [-0.2, -0.15) is 0 Å². The third kappa shape index (κ3) is 4.93. The van der Waals surface area contributed by atoms with E-state index >= 15 is 0 Å². The maximum absolute atomic E-state index is 13.2. The molecular weight excluding hydrogens is 367 g/mol. The van der Waals surface area contributed by atoms with Crippen LogP contribution in [0.5, 0.6) is 0 Å². The minimum Gasteiger partial charge on any atom is -0.345 e. The first kappa shape index (κ1) is 19.5. The van der Waals surface area contributed by atoms with Crippen molar-refractivity contribution < 1.29 is 17.6 Å². The van der Waals surface area contributed by atoms with E-state index in [1.54, 1.807) is 24.3 Å². The molecule has 1 aliphatic rings. The van der Waals surface area contributed by atoms with Gasteiger partial charge in [-0.15, -0.1) is 0 Å². The van der Waals surface area contributed by atoms with Gasteiger partial charge in [-0.25, -0.2) is 17.5 Å². The van der Waals surface area contributed by atoms with Crippen molar-refractivity contribution in [1.29, 1.82) is 0 Å². The number of halogens is 1. The van der Waals surface area contributed by atoms with Gasteiger partial charge in [0.05, 0.1) is 10.9 Å². The molecule has 5 nitrogen and oxygen atoms in total. The molecule has 0 bridgehead atoms. The SMILES string of the molecule is CC(C)[C@H](NC(=O)c1cccc(S(=O)(=O)NC2CC2)c1)c1ccc(F)cc1. The van der Waals surface area contributed by atoms with Crippen LogP contribution in [0.25, 0.3) is 0 Å². The molecule has 1 atom stereocenters. The monoisotopic (exact) mass is 390 g/mol. The first-order valence-corrected chi connectivity index (χ1v) is 10.4. The Balaban J connectivity index is 1.80. The number of hydrogen-bond donors (Lipinski definition) is 2. The quantitative estimate of drug-likeness (QED) is 0.761. The fourth-order valence-electron chi connectivity index (χ4n) is 2.82. The van der Waals surface area contributed by atoms with Crippen LogP contribution in [0.2, 0.25) is 0 Å². The van der Waals surface area contributed by atoms with Crippen LogP contribution in [0.1, 0.15) is 48.7 Å². The predicted molar refractivity (Wildman–Crippen MR) is 101 cm³/mol. The van der Waals surface area contributed by atoms with Crippen LogP contribution in [0, 0.1) is 11.7 Å². The summed E-state index contributed by atoms with van der Waals surface area (Å²) in [5.74, 6) is -0.641. The first-order chi connectivity index (χ1) is 12.8. The van der Waals surface area contributed by atoms with Crippen LogP contribution in [0.15, 0.2) is 53.4 Å². The van der Waals surface area contributed by atoms with Gasteiger partial charge in [0.1, 0.15) is 5.82 Å². The smallest absolute Gasteiger partial charge is 0.251 e. The van der Waals surface area contributed by atoms with E-state index in [1.807, 2.05) is 13.8 Å². The Labute approximate surface area is 159 Å². The Kier molecular flexibility index (Phi) is 5.62. The summed E-state index contributed by atoms with van der Waals surface area (Å²) < 4.78 is 40.5. The fraction of sp³-hybridized carbons (Fsp3) is 0.350. The summed E-state index contributed by atoms with van der Waals surface area (Å²) >= 11 is 0. The van der Waals surface area contributed by atoms with Gasteiger partial charge in [0.2, 0.25) is 10.0 Å². The molecule has 2 N–H and O–H groups in total.